The predicted octanol–water partition coefficient (Wildman–Crippen LogP) is 2.87. The Morgan fingerprint density at radius 3 is 2.62 bits per heavy atom. The van der Waals surface area contributed by atoms with Crippen molar-refractivity contribution >= 4 is 29.6 Å². The van der Waals surface area contributed by atoms with E-state index in [1.165, 1.54) is 30.3 Å². The van der Waals surface area contributed by atoms with E-state index in [0.29, 0.717) is 11.3 Å². The molecule has 0 fully saturated rings. The average molecular weight is 394 g/mol. The van der Waals surface area contributed by atoms with E-state index < -0.39 is 17.8 Å². The van der Waals surface area contributed by atoms with Crippen LogP contribution in [0.2, 0.25) is 0 Å². The summed E-state index contributed by atoms with van der Waals surface area (Å²) >= 11 is 0. The number of esters is 1. The quantitative estimate of drug-likeness (QED) is 0.400. The minimum absolute atomic E-state index is 0.00278. The van der Waals surface area contributed by atoms with E-state index in [9.17, 15) is 19.6 Å². The van der Waals surface area contributed by atoms with Crippen LogP contribution in [-0.4, -0.2) is 36.2 Å². The first-order valence-electron chi connectivity index (χ1n) is 8.58. The standard InChI is InChI=1S/C21H18N2O6/c1-2-28-19(24)13-29-18-9-4-3-6-14(18)10-16(12-22)20(25)23-17-8-5-7-15(11-17)21(26)27/h3-11H,2,13H2,1H3,(H,23,25)(H,26,27)/b16-10-. The van der Waals surface area contributed by atoms with E-state index in [1.54, 1.807) is 37.3 Å². The first-order valence-corrected chi connectivity index (χ1v) is 8.58. The highest BCUT2D eigenvalue weighted by atomic mass is 16.6. The number of benzene rings is 2. The van der Waals surface area contributed by atoms with Gasteiger partial charge < -0.3 is 19.9 Å². The monoisotopic (exact) mass is 394 g/mol. The lowest BCUT2D eigenvalue weighted by Gasteiger charge is -2.09. The van der Waals surface area contributed by atoms with Gasteiger partial charge in [0.1, 0.15) is 17.4 Å². The first kappa shape index (κ1) is 21.2. The Hall–Kier alpha value is -4.12. The van der Waals surface area contributed by atoms with Crippen LogP contribution in [0.25, 0.3) is 6.08 Å². The SMILES string of the molecule is CCOC(=O)COc1ccccc1/C=C(/C#N)C(=O)Nc1cccc(C(=O)O)c1. The number of hydrogen-bond acceptors (Lipinski definition) is 6. The summed E-state index contributed by atoms with van der Waals surface area (Å²) < 4.78 is 10.2. The Labute approximate surface area is 167 Å². The summed E-state index contributed by atoms with van der Waals surface area (Å²) in [5.74, 6) is -2.09. The Morgan fingerprint density at radius 1 is 1.17 bits per heavy atom. The van der Waals surface area contributed by atoms with Crippen molar-refractivity contribution in [2.45, 2.75) is 6.92 Å². The van der Waals surface area contributed by atoms with Crippen LogP contribution in [-0.2, 0) is 14.3 Å². The van der Waals surface area contributed by atoms with Crippen molar-refractivity contribution in [1.82, 2.24) is 0 Å². The zero-order chi connectivity index (χ0) is 21.2. The number of carbonyl (C=O) groups is 3. The van der Waals surface area contributed by atoms with Gasteiger partial charge in [0, 0.05) is 11.3 Å². The van der Waals surface area contributed by atoms with Crippen LogP contribution in [0.1, 0.15) is 22.8 Å². The number of ether oxygens (including phenoxy) is 2. The molecule has 148 valence electrons. The third-order valence-electron chi connectivity index (χ3n) is 3.60. The maximum Gasteiger partial charge on any atom is 0.344 e. The first-order chi connectivity index (χ1) is 13.9. The van der Waals surface area contributed by atoms with Gasteiger partial charge in [0.15, 0.2) is 6.61 Å². The van der Waals surface area contributed by atoms with Gasteiger partial charge in [0.2, 0.25) is 0 Å². The molecule has 0 spiro atoms. The number of nitrogens with one attached hydrogen (secondary N) is 1. The van der Waals surface area contributed by atoms with Crippen molar-refractivity contribution in [2.75, 3.05) is 18.5 Å². The van der Waals surface area contributed by atoms with Crippen molar-refractivity contribution in [2.24, 2.45) is 0 Å². The van der Waals surface area contributed by atoms with Crippen molar-refractivity contribution in [3.63, 3.8) is 0 Å². The fraction of sp³-hybridized carbons (Fsp3) is 0.143. The van der Waals surface area contributed by atoms with Gasteiger partial charge in [-0.3, -0.25) is 4.79 Å². The molecule has 0 radical (unpaired) electrons. The maximum absolute atomic E-state index is 12.4. The maximum atomic E-state index is 12.4. The molecule has 0 bridgehead atoms. The molecule has 29 heavy (non-hydrogen) atoms. The van der Waals surface area contributed by atoms with Crippen molar-refractivity contribution in [1.29, 1.82) is 5.26 Å². The molecule has 0 saturated carbocycles. The molecule has 0 heterocycles. The fourth-order valence-electron chi connectivity index (χ4n) is 2.30. The topological polar surface area (TPSA) is 126 Å². The molecule has 2 aromatic rings. The molecule has 0 unspecified atom stereocenters. The normalized spacial score (nSPS) is 10.6. The molecule has 0 aliphatic heterocycles. The molecule has 0 aromatic heterocycles. The number of nitrogens with zero attached hydrogens (tertiary/aromatic N) is 1. The Balaban J connectivity index is 2.20. The highest BCUT2D eigenvalue weighted by Gasteiger charge is 2.13. The average Bonchev–Trinajstić information content (AvgIpc) is 2.71. The fourth-order valence-corrected chi connectivity index (χ4v) is 2.30. The third-order valence-corrected chi connectivity index (χ3v) is 3.60. The number of anilines is 1. The second-order valence-electron chi connectivity index (χ2n) is 5.64. The molecule has 0 aliphatic rings. The highest BCUT2D eigenvalue weighted by molar-refractivity contribution is 6.10. The number of hydrogen-bond donors (Lipinski definition) is 2. The lowest BCUT2D eigenvalue weighted by molar-refractivity contribution is -0.145. The molecular formula is C21H18N2O6. The summed E-state index contributed by atoms with van der Waals surface area (Å²) in [5.41, 5.74) is 0.437. The van der Waals surface area contributed by atoms with Crippen LogP contribution in [0.3, 0.4) is 0 Å². The Bertz CT molecular complexity index is 991. The molecule has 8 nitrogen and oxygen atoms in total. The van der Waals surface area contributed by atoms with Crippen molar-refractivity contribution < 1.29 is 29.0 Å². The molecule has 0 atom stereocenters. The molecule has 0 saturated heterocycles. The summed E-state index contributed by atoms with van der Waals surface area (Å²) in [7, 11) is 0. The van der Waals surface area contributed by atoms with Crippen molar-refractivity contribution in [3.05, 3.63) is 65.2 Å². The van der Waals surface area contributed by atoms with E-state index in [4.69, 9.17) is 14.6 Å². The summed E-state index contributed by atoms with van der Waals surface area (Å²) in [6.07, 6.45) is 1.32. The van der Waals surface area contributed by atoms with Crippen LogP contribution in [0, 0.1) is 11.3 Å². The number of aromatic carboxylic acids is 1. The Kier molecular flexibility index (Phi) is 7.51. The molecule has 8 heteroatoms. The number of rotatable bonds is 8. The summed E-state index contributed by atoms with van der Waals surface area (Å²) in [6.45, 7) is 1.60. The molecule has 2 aromatic carbocycles. The molecule has 2 rings (SSSR count). The zero-order valence-corrected chi connectivity index (χ0v) is 15.5. The molecule has 1 amide bonds. The van der Waals surface area contributed by atoms with Crippen LogP contribution in [0.5, 0.6) is 5.75 Å². The lowest BCUT2D eigenvalue weighted by atomic mass is 10.1. The van der Waals surface area contributed by atoms with E-state index in [2.05, 4.69) is 5.32 Å². The second kappa shape index (κ2) is 10.3. The van der Waals surface area contributed by atoms with Gasteiger partial charge in [0.05, 0.1) is 12.2 Å². The van der Waals surface area contributed by atoms with Crippen LogP contribution in [0.15, 0.2) is 54.1 Å². The predicted molar refractivity (Wildman–Crippen MR) is 104 cm³/mol. The van der Waals surface area contributed by atoms with Gasteiger partial charge in [-0.05, 0) is 37.3 Å². The number of carboxylic acid groups (broad SMARTS) is 1. The van der Waals surface area contributed by atoms with Crippen LogP contribution in [0.4, 0.5) is 5.69 Å². The van der Waals surface area contributed by atoms with Crippen LogP contribution >= 0.6 is 0 Å². The zero-order valence-electron chi connectivity index (χ0n) is 15.5. The van der Waals surface area contributed by atoms with Crippen LogP contribution < -0.4 is 10.1 Å². The molecular weight excluding hydrogens is 376 g/mol. The van der Waals surface area contributed by atoms with Crippen molar-refractivity contribution in [3.8, 4) is 11.8 Å². The second-order valence-corrected chi connectivity index (χ2v) is 5.64. The summed E-state index contributed by atoms with van der Waals surface area (Å²) in [5, 5.41) is 20.9. The highest BCUT2D eigenvalue weighted by Crippen LogP contribution is 2.22. The smallest absolute Gasteiger partial charge is 0.344 e. The number of nitriles is 1. The molecule has 0 aliphatic carbocycles. The number of carbonyl (C=O) groups excluding carboxylic acids is 2. The minimum atomic E-state index is -1.13. The van der Waals surface area contributed by atoms with Gasteiger partial charge in [-0.15, -0.1) is 0 Å². The van der Waals surface area contributed by atoms with E-state index in [-0.39, 0.29) is 30.0 Å². The lowest BCUT2D eigenvalue weighted by Crippen LogP contribution is -2.15. The van der Waals surface area contributed by atoms with E-state index in [0.717, 1.165) is 0 Å². The van der Waals surface area contributed by atoms with Gasteiger partial charge in [-0.2, -0.15) is 5.26 Å². The van der Waals surface area contributed by atoms with Gasteiger partial charge in [-0.1, -0.05) is 24.3 Å². The third kappa shape index (κ3) is 6.22. The largest absolute Gasteiger partial charge is 0.481 e. The van der Waals surface area contributed by atoms with E-state index in [1.807, 2.05) is 0 Å². The summed E-state index contributed by atoms with van der Waals surface area (Å²) in [6, 6.07) is 14.0. The number of amides is 1. The van der Waals surface area contributed by atoms with Gasteiger partial charge >= 0.3 is 11.9 Å². The van der Waals surface area contributed by atoms with Gasteiger partial charge in [0.25, 0.3) is 5.91 Å². The number of carboxylic acids is 1. The van der Waals surface area contributed by atoms with Gasteiger partial charge in [-0.25, -0.2) is 9.59 Å². The summed E-state index contributed by atoms with van der Waals surface area (Å²) in [4.78, 5) is 34.9. The molecule has 2 N–H and O–H groups in total. The van der Waals surface area contributed by atoms with E-state index >= 15 is 0 Å². The Morgan fingerprint density at radius 2 is 1.93 bits per heavy atom. The minimum Gasteiger partial charge on any atom is -0.481 e. The number of para-hydroxylation sites is 1.